The van der Waals surface area contributed by atoms with Gasteiger partial charge in [0.05, 0.1) is 26.4 Å². The van der Waals surface area contributed by atoms with Crippen LogP contribution in [0.5, 0.6) is 0 Å². The van der Waals surface area contributed by atoms with Crippen molar-refractivity contribution in [1.29, 1.82) is 0 Å². The molecule has 0 aromatic carbocycles. The number of esters is 4. The zero-order valence-corrected chi connectivity index (χ0v) is 62.7. The molecule has 0 rings (SSSR count). The van der Waals surface area contributed by atoms with Gasteiger partial charge in [0.15, 0.2) is 12.2 Å². The Balaban J connectivity index is 5.40. The van der Waals surface area contributed by atoms with Crippen molar-refractivity contribution in [3.63, 3.8) is 0 Å². The van der Waals surface area contributed by atoms with Gasteiger partial charge < -0.3 is 33.8 Å². The van der Waals surface area contributed by atoms with E-state index in [0.29, 0.717) is 25.7 Å². The Morgan fingerprint density at radius 3 is 0.837 bits per heavy atom. The largest absolute Gasteiger partial charge is 0.472 e. The molecule has 0 spiro atoms. The van der Waals surface area contributed by atoms with Crippen molar-refractivity contribution in [2.75, 3.05) is 39.6 Å². The van der Waals surface area contributed by atoms with E-state index in [1.165, 1.54) is 25.7 Å². The average Bonchev–Trinajstić information content (AvgIpc) is 0.979. The first-order valence-electron chi connectivity index (χ1n) is 37.4. The Bertz CT molecular complexity index is 2380. The molecule has 19 heteroatoms. The minimum Gasteiger partial charge on any atom is -0.462 e. The summed E-state index contributed by atoms with van der Waals surface area (Å²) in [5.41, 5.74) is 0. The summed E-state index contributed by atoms with van der Waals surface area (Å²) in [6, 6.07) is 0. The predicted octanol–water partition coefficient (Wildman–Crippen LogP) is 21.3. The highest BCUT2D eigenvalue weighted by Crippen LogP contribution is 2.45. The summed E-state index contributed by atoms with van der Waals surface area (Å²) in [6.07, 6.45) is 77.4. The van der Waals surface area contributed by atoms with Gasteiger partial charge in [0, 0.05) is 25.7 Å². The second-order valence-corrected chi connectivity index (χ2v) is 27.4. The number of ether oxygens (including phenoxy) is 4. The fraction of sp³-hybridized carbons (Fsp3) is 0.671. The van der Waals surface area contributed by atoms with E-state index < -0.39 is 97.5 Å². The van der Waals surface area contributed by atoms with E-state index in [2.05, 4.69) is 161 Å². The van der Waals surface area contributed by atoms with Gasteiger partial charge in [0.2, 0.25) is 0 Å². The van der Waals surface area contributed by atoms with Gasteiger partial charge in [-0.25, -0.2) is 9.13 Å². The fourth-order valence-electron chi connectivity index (χ4n) is 9.37. The van der Waals surface area contributed by atoms with Crippen molar-refractivity contribution >= 4 is 39.5 Å². The lowest BCUT2D eigenvalue weighted by atomic mass is 10.1. The number of unbranched alkanes of at least 4 members (excludes halogenated alkanes) is 21. The van der Waals surface area contributed by atoms with Crippen LogP contribution < -0.4 is 0 Å². The fourth-order valence-corrected chi connectivity index (χ4v) is 11.0. The van der Waals surface area contributed by atoms with E-state index >= 15 is 0 Å². The number of carbonyl (C=O) groups is 4. The number of allylic oxidation sites excluding steroid dienone is 22. The molecule has 17 nitrogen and oxygen atoms in total. The first-order chi connectivity index (χ1) is 47.7. The number of hydrogen-bond acceptors (Lipinski definition) is 15. The molecule has 0 saturated heterocycles. The van der Waals surface area contributed by atoms with Crippen molar-refractivity contribution < 1.29 is 80.2 Å². The van der Waals surface area contributed by atoms with Gasteiger partial charge in [-0.05, 0) is 148 Å². The molecule has 0 aromatic rings. The first kappa shape index (κ1) is 93.2. The summed E-state index contributed by atoms with van der Waals surface area (Å²) in [4.78, 5) is 72.7. The van der Waals surface area contributed by atoms with Crippen LogP contribution in [0, 0.1) is 0 Å². The summed E-state index contributed by atoms with van der Waals surface area (Å²) in [5.74, 6) is -2.26. The zero-order chi connectivity index (χ0) is 71.8. The van der Waals surface area contributed by atoms with Crippen molar-refractivity contribution in [2.45, 2.75) is 303 Å². The summed E-state index contributed by atoms with van der Waals surface area (Å²) < 4.78 is 68.3. The molecule has 0 aromatic heterocycles. The molecule has 0 bridgehead atoms. The quantitative estimate of drug-likeness (QED) is 0.0169. The van der Waals surface area contributed by atoms with Crippen molar-refractivity contribution in [3.05, 3.63) is 134 Å². The third-order valence-electron chi connectivity index (χ3n) is 15.1. The standard InChI is InChI=1S/C79H132O17P2/c1-5-9-13-17-21-25-29-31-33-35-36-38-39-41-45-48-52-56-60-64-77(82)90-70-75(96-79(84)66-62-58-54-50-46-42-40-37-34-32-30-26-22-18-14-10-6-2)72-94-98(87,88)92-68-73(80)67-91-97(85,86)93-71-74(95-78(83)65-61-57-53-49-44-28-24-20-16-12-8-4)69-89-76(81)63-59-55-51-47-43-27-23-19-15-11-7-3/h9-10,13-14,19-26,31-34,36,38,40-42,45,73-75,80H,5-8,11-12,15-18,27-30,35,37,39,43-44,46-72H2,1-4H3,(H,85,86)(H,87,88)/b13-9-,14-10-,23-19-,24-20-,25-21-,26-22-,33-31-,34-32-,38-36-,42-40-,45-41-. The molecule has 0 radical (unpaired) electrons. The smallest absolute Gasteiger partial charge is 0.462 e. The molecule has 0 aliphatic carbocycles. The number of aliphatic hydroxyl groups excluding tert-OH is 1. The highest BCUT2D eigenvalue weighted by Gasteiger charge is 2.30. The molecule has 560 valence electrons. The Hall–Kier alpha value is -4.80. The molecule has 0 aliphatic heterocycles. The maximum absolute atomic E-state index is 13.1. The van der Waals surface area contributed by atoms with E-state index in [1.54, 1.807) is 0 Å². The van der Waals surface area contributed by atoms with Crippen LogP contribution in [0.25, 0.3) is 0 Å². The summed E-state index contributed by atoms with van der Waals surface area (Å²) in [5, 5.41) is 10.6. The lowest BCUT2D eigenvalue weighted by Crippen LogP contribution is -2.30. The van der Waals surface area contributed by atoms with Gasteiger partial charge >= 0.3 is 39.5 Å². The molecule has 5 unspecified atom stereocenters. The lowest BCUT2D eigenvalue weighted by molar-refractivity contribution is -0.161. The molecule has 0 aliphatic rings. The van der Waals surface area contributed by atoms with Gasteiger partial charge in [-0.3, -0.25) is 37.3 Å². The van der Waals surface area contributed by atoms with E-state index in [1.807, 2.05) is 0 Å². The molecule has 0 amide bonds. The van der Waals surface area contributed by atoms with Gasteiger partial charge in [-0.15, -0.1) is 0 Å². The Kier molecular flexibility index (Phi) is 67.2. The maximum atomic E-state index is 13.1. The highest BCUT2D eigenvalue weighted by molar-refractivity contribution is 7.47. The predicted molar refractivity (Wildman–Crippen MR) is 399 cm³/mol. The molecule has 98 heavy (non-hydrogen) atoms. The van der Waals surface area contributed by atoms with Gasteiger partial charge in [0.25, 0.3) is 0 Å². The minimum absolute atomic E-state index is 0.0552. The molecule has 0 heterocycles. The summed E-state index contributed by atoms with van der Waals surface area (Å²) in [7, 11) is -9.97. The lowest BCUT2D eigenvalue weighted by Gasteiger charge is -2.21. The van der Waals surface area contributed by atoms with Crippen LogP contribution in [-0.4, -0.2) is 96.7 Å². The van der Waals surface area contributed by atoms with Crippen molar-refractivity contribution in [2.24, 2.45) is 0 Å². The number of phosphoric ester groups is 2. The number of phosphoric acid groups is 2. The van der Waals surface area contributed by atoms with E-state index in [4.69, 9.17) is 37.0 Å². The summed E-state index contributed by atoms with van der Waals surface area (Å²) in [6.45, 7) is 4.46. The number of carbonyl (C=O) groups excluding carboxylic acids is 4. The number of rotatable bonds is 69. The van der Waals surface area contributed by atoms with Crippen LogP contribution >= 0.6 is 15.6 Å². The average molecular weight is 1420 g/mol. The van der Waals surface area contributed by atoms with Crippen LogP contribution in [0.15, 0.2) is 134 Å². The second-order valence-electron chi connectivity index (χ2n) is 24.5. The third-order valence-corrected chi connectivity index (χ3v) is 17.0. The first-order valence-corrected chi connectivity index (χ1v) is 40.4. The highest BCUT2D eigenvalue weighted by atomic mass is 31.2. The van der Waals surface area contributed by atoms with Crippen LogP contribution in [0.2, 0.25) is 0 Å². The van der Waals surface area contributed by atoms with Crippen molar-refractivity contribution in [3.8, 4) is 0 Å². The number of hydrogen-bond donors (Lipinski definition) is 3. The second kappa shape index (κ2) is 70.6. The Labute approximate surface area is 593 Å². The van der Waals surface area contributed by atoms with Crippen LogP contribution in [0.3, 0.4) is 0 Å². The normalized spacial score (nSPS) is 14.7. The number of aliphatic hydroxyl groups is 1. The summed E-state index contributed by atoms with van der Waals surface area (Å²) >= 11 is 0. The van der Waals surface area contributed by atoms with E-state index in [-0.39, 0.29) is 25.7 Å². The topological polar surface area (TPSA) is 237 Å². The molecular weight excluding hydrogens is 1280 g/mol. The minimum atomic E-state index is -4.99. The zero-order valence-electron chi connectivity index (χ0n) is 60.9. The Morgan fingerprint density at radius 2 is 0.531 bits per heavy atom. The Morgan fingerprint density at radius 1 is 0.296 bits per heavy atom. The molecule has 5 atom stereocenters. The molecule has 3 N–H and O–H groups in total. The SMILES string of the molecule is CC/C=C\C/C=C\C/C=C\C/C=C\C/C=C\CCCCCC(=O)OCC(COP(=O)(O)OCC(O)COP(=O)(O)OCC(COC(=O)CCCCCCC/C=C\CCCC)OC(=O)CCCCCCC/C=C\CCCC)OC(=O)CCCCCC/C=C\C/C=C\C/C=C\C/C=C\CC. The van der Waals surface area contributed by atoms with E-state index in [0.717, 1.165) is 180 Å². The van der Waals surface area contributed by atoms with E-state index in [9.17, 15) is 43.2 Å². The molecule has 0 fully saturated rings. The molecule has 0 saturated carbocycles. The van der Waals surface area contributed by atoms with Crippen LogP contribution in [0.1, 0.15) is 285 Å². The van der Waals surface area contributed by atoms with Crippen molar-refractivity contribution in [1.82, 2.24) is 0 Å². The van der Waals surface area contributed by atoms with Gasteiger partial charge in [-0.1, -0.05) is 245 Å². The van der Waals surface area contributed by atoms with Gasteiger partial charge in [-0.2, -0.15) is 0 Å². The third kappa shape index (κ3) is 69.7. The van der Waals surface area contributed by atoms with Gasteiger partial charge in [0.1, 0.15) is 19.3 Å². The monoisotopic (exact) mass is 1410 g/mol. The maximum Gasteiger partial charge on any atom is 0.472 e. The van der Waals surface area contributed by atoms with Crippen LogP contribution in [0.4, 0.5) is 0 Å². The molecular formula is C79H132O17P2. The van der Waals surface area contributed by atoms with Crippen LogP contribution in [-0.2, 0) is 65.4 Å².